The van der Waals surface area contributed by atoms with E-state index in [1.54, 1.807) is 0 Å². The van der Waals surface area contributed by atoms with E-state index >= 15 is 0 Å². The van der Waals surface area contributed by atoms with Crippen molar-refractivity contribution >= 4 is 11.8 Å². The highest BCUT2D eigenvalue weighted by molar-refractivity contribution is 5.64. The molecule has 0 unspecified atom stereocenters. The zero-order valence-electron chi connectivity index (χ0n) is 13.6. The SMILES string of the molecule is C/C1=C\CC[C@@H]2[C@H](CC1)[C@H]2COC(=O)Oc1ccc([N+](=O)[O-])cc1. The van der Waals surface area contributed by atoms with Gasteiger partial charge in [-0.25, -0.2) is 4.79 Å². The number of allylic oxidation sites excluding steroid dienone is 2. The van der Waals surface area contributed by atoms with Crippen LogP contribution in [0.5, 0.6) is 5.75 Å². The molecule has 1 aromatic rings. The summed E-state index contributed by atoms with van der Waals surface area (Å²) in [5, 5.41) is 10.6. The summed E-state index contributed by atoms with van der Waals surface area (Å²) in [6, 6.07) is 5.36. The monoisotopic (exact) mass is 331 g/mol. The summed E-state index contributed by atoms with van der Waals surface area (Å²) in [6.45, 7) is 2.57. The summed E-state index contributed by atoms with van der Waals surface area (Å²) < 4.78 is 10.3. The summed E-state index contributed by atoms with van der Waals surface area (Å²) >= 11 is 0. The number of fused-ring (bicyclic) bond motifs is 1. The lowest BCUT2D eigenvalue weighted by molar-refractivity contribution is -0.384. The number of non-ortho nitro benzene ring substituents is 1. The zero-order chi connectivity index (χ0) is 17.1. The van der Waals surface area contributed by atoms with Gasteiger partial charge in [-0.3, -0.25) is 10.1 Å². The molecule has 1 fully saturated rings. The third-order valence-electron chi connectivity index (χ3n) is 5.02. The molecular weight excluding hydrogens is 310 g/mol. The van der Waals surface area contributed by atoms with Crippen LogP contribution in [0.3, 0.4) is 0 Å². The third-order valence-corrected chi connectivity index (χ3v) is 5.02. The molecule has 0 amide bonds. The van der Waals surface area contributed by atoms with E-state index in [2.05, 4.69) is 13.0 Å². The Morgan fingerprint density at radius 2 is 1.96 bits per heavy atom. The molecule has 0 aliphatic heterocycles. The first-order valence-electron chi connectivity index (χ1n) is 8.29. The van der Waals surface area contributed by atoms with Crippen LogP contribution >= 0.6 is 0 Å². The first kappa shape index (κ1) is 16.5. The number of rotatable bonds is 4. The molecule has 0 saturated heterocycles. The Bertz CT molecular complexity index is 652. The average Bonchev–Trinajstić information content (AvgIpc) is 3.20. The lowest BCUT2D eigenvalue weighted by Crippen LogP contribution is -2.13. The fourth-order valence-electron chi connectivity index (χ4n) is 3.57. The van der Waals surface area contributed by atoms with Crippen molar-refractivity contribution in [2.45, 2.75) is 32.6 Å². The number of ether oxygens (including phenoxy) is 2. The molecule has 1 aromatic carbocycles. The van der Waals surface area contributed by atoms with Crippen molar-refractivity contribution in [1.29, 1.82) is 0 Å². The van der Waals surface area contributed by atoms with Crippen molar-refractivity contribution in [2.75, 3.05) is 6.61 Å². The normalized spacial score (nSPS) is 27.7. The summed E-state index contributed by atoms with van der Waals surface area (Å²) in [4.78, 5) is 21.8. The van der Waals surface area contributed by atoms with Gasteiger partial charge in [-0.15, -0.1) is 0 Å². The van der Waals surface area contributed by atoms with Gasteiger partial charge < -0.3 is 9.47 Å². The lowest BCUT2D eigenvalue weighted by atomic mass is 10.0. The Morgan fingerprint density at radius 3 is 2.67 bits per heavy atom. The summed E-state index contributed by atoms with van der Waals surface area (Å²) in [5.41, 5.74) is 1.41. The van der Waals surface area contributed by atoms with Crippen LogP contribution in [0.25, 0.3) is 0 Å². The van der Waals surface area contributed by atoms with Gasteiger partial charge in [0, 0.05) is 12.1 Å². The smallest absolute Gasteiger partial charge is 0.434 e. The van der Waals surface area contributed by atoms with Crippen molar-refractivity contribution in [3.8, 4) is 5.75 Å². The minimum atomic E-state index is -0.752. The predicted molar refractivity (Wildman–Crippen MR) is 87.8 cm³/mol. The third kappa shape index (κ3) is 3.93. The van der Waals surface area contributed by atoms with Gasteiger partial charge in [-0.1, -0.05) is 11.6 Å². The van der Waals surface area contributed by atoms with Gasteiger partial charge in [-0.05, 0) is 62.5 Å². The molecule has 24 heavy (non-hydrogen) atoms. The Hall–Kier alpha value is -2.37. The van der Waals surface area contributed by atoms with Crippen LogP contribution in [-0.2, 0) is 4.74 Å². The van der Waals surface area contributed by atoms with Crippen molar-refractivity contribution in [2.24, 2.45) is 17.8 Å². The molecule has 0 radical (unpaired) electrons. The van der Waals surface area contributed by atoms with Crippen molar-refractivity contribution in [3.05, 3.63) is 46.0 Å². The summed E-state index contributed by atoms with van der Waals surface area (Å²) in [5.74, 6) is 1.99. The van der Waals surface area contributed by atoms with E-state index in [0.717, 1.165) is 19.3 Å². The molecule has 3 rings (SSSR count). The van der Waals surface area contributed by atoms with E-state index in [1.807, 2.05) is 0 Å². The largest absolute Gasteiger partial charge is 0.513 e. The maximum atomic E-state index is 11.8. The molecule has 0 spiro atoms. The second kappa shape index (κ2) is 7.03. The number of benzene rings is 1. The summed E-state index contributed by atoms with van der Waals surface area (Å²) in [6.07, 6.45) is 6.13. The van der Waals surface area contributed by atoms with Crippen molar-refractivity contribution < 1.29 is 19.2 Å². The number of hydrogen-bond acceptors (Lipinski definition) is 5. The molecule has 0 heterocycles. The van der Waals surface area contributed by atoms with Crippen LogP contribution in [0.1, 0.15) is 32.6 Å². The summed E-state index contributed by atoms with van der Waals surface area (Å²) in [7, 11) is 0. The van der Waals surface area contributed by atoms with Crippen LogP contribution in [0.4, 0.5) is 10.5 Å². The minimum Gasteiger partial charge on any atom is -0.434 e. The zero-order valence-corrected chi connectivity index (χ0v) is 13.6. The van der Waals surface area contributed by atoms with Crippen molar-refractivity contribution in [1.82, 2.24) is 0 Å². The minimum absolute atomic E-state index is 0.0474. The molecule has 0 N–H and O–H groups in total. The van der Waals surface area contributed by atoms with E-state index < -0.39 is 11.1 Å². The highest BCUT2D eigenvalue weighted by Gasteiger charge is 2.49. The molecule has 1 saturated carbocycles. The molecule has 2 aliphatic rings. The number of nitro benzene ring substituents is 1. The second-order valence-corrected chi connectivity index (χ2v) is 6.57. The second-order valence-electron chi connectivity index (χ2n) is 6.57. The topological polar surface area (TPSA) is 78.7 Å². The van der Waals surface area contributed by atoms with Gasteiger partial charge in [-0.2, -0.15) is 0 Å². The molecule has 0 aromatic heterocycles. The lowest BCUT2D eigenvalue weighted by Gasteiger charge is -2.05. The Labute approximate surface area is 140 Å². The van der Waals surface area contributed by atoms with Gasteiger partial charge >= 0.3 is 6.16 Å². The van der Waals surface area contributed by atoms with Gasteiger partial charge in [0.05, 0.1) is 11.5 Å². The highest BCUT2D eigenvalue weighted by Crippen LogP contribution is 2.53. The Morgan fingerprint density at radius 1 is 1.25 bits per heavy atom. The van der Waals surface area contributed by atoms with E-state index in [-0.39, 0.29) is 11.4 Å². The highest BCUT2D eigenvalue weighted by atomic mass is 16.7. The number of nitrogens with zero attached hydrogens (tertiary/aromatic N) is 1. The standard InChI is InChI=1S/C18H21NO5/c1-12-3-2-4-15-16(10-5-12)17(15)11-23-18(20)24-14-8-6-13(7-9-14)19(21)22/h3,6-9,15-17H,2,4-5,10-11H2,1H3/b12-3+/t15-,16+,17+/m1/s1. The Balaban J connectivity index is 1.44. The first-order valence-corrected chi connectivity index (χ1v) is 8.29. The molecule has 6 nitrogen and oxygen atoms in total. The maximum Gasteiger partial charge on any atom is 0.513 e. The van der Waals surface area contributed by atoms with Crippen LogP contribution < -0.4 is 4.74 Å². The van der Waals surface area contributed by atoms with Gasteiger partial charge in [0.15, 0.2) is 0 Å². The van der Waals surface area contributed by atoms with Crippen LogP contribution in [0.15, 0.2) is 35.9 Å². The van der Waals surface area contributed by atoms with E-state index in [0.29, 0.717) is 24.4 Å². The average molecular weight is 331 g/mol. The molecule has 2 aliphatic carbocycles. The van der Waals surface area contributed by atoms with Crippen LogP contribution in [0, 0.1) is 27.9 Å². The fourth-order valence-corrected chi connectivity index (χ4v) is 3.57. The fraction of sp³-hybridized carbons (Fsp3) is 0.500. The first-order chi connectivity index (χ1) is 11.5. The molecule has 128 valence electrons. The number of nitro groups is 1. The Kier molecular flexibility index (Phi) is 4.83. The van der Waals surface area contributed by atoms with Crippen LogP contribution in [0.2, 0.25) is 0 Å². The van der Waals surface area contributed by atoms with Crippen molar-refractivity contribution in [3.63, 3.8) is 0 Å². The maximum absolute atomic E-state index is 11.8. The number of carbonyl (C=O) groups is 1. The quantitative estimate of drug-likeness (QED) is 0.267. The van der Waals surface area contributed by atoms with Crippen LogP contribution in [-0.4, -0.2) is 17.7 Å². The molecular formula is C18H21NO5. The van der Waals surface area contributed by atoms with Gasteiger partial charge in [0.1, 0.15) is 5.75 Å². The number of hydrogen-bond donors (Lipinski definition) is 0. The van der Waals surface area contributed by atoms with Gasteiger partial charge in [0.25, 0.3) is 5.69 Å². The van der Waals surface area contributed by atoms with E-state index in [1.165, 1.54) is 36.3 Å². The number of carbonyl (C=O) groups excluding carboxylic acids is 1. The predicted octanol–water partition coefficient (Wildman–Crippen LogP) is 4.49. The molecule has 6 heteroatoms. The van der Waals surface area contributed by atoms with E-state index in [9.17, 15) is 14.9 Å². The molecule has 3 atom stereocenters. The van der Waals surface area contributed by atoms with Gasteiger partial charge in [0.2, 0.25) is 0 Å². The van der Waals surface area contributed by atoms with E-state index in [4.69, 9.17) is 9.47 Å². The molecule has 0 bridgehead atoms.